The van der Waals surface area contributed by atoms with E-state index in [2.05, 4.69) is 6.07 Å². The molecule has 0 unspecified atom stereocenters. The second kappa shape index (κ2) is 4.99. The van der Waals surface area contributed by atoms with E-state index in [0.29, 0.717) is 22.7 Å². The molecule has 0 radical (unpaired) electrons. The highest BCUT2D eigenvalue weighted by molar-refractivity contribution is 6.31. The van der Waals surface area contributed by atoms with Crippen molar-refractivity contribution in [3.63, 3.8) is 0 Å². The number of benzene rings is 2. The van der Waals surface area contributed by atoms with E-state index in [1.54, 1.807) is 18.2 Å². The second-order valence-corrected chi connectivity index (χ2v) is 4.90. The van der Waals surface area contributed by atoms with E-state index < -0.39 is 0 Å². The molecule has 2 aromatic carbocycles. The maximum absolute atomic E-state index is 13.8. The molecule has 3 rings (SSSR count). The minimum Gasteiger partial charge on any atom is -0.343 e. The van der Waals surface area contributed by atoms with Crippen LogP contribution in [0.5, 0.6) is 0 Å². The van der Waals surface area contributed by atoms with Crippen molar-refractivity contribution in [3.8, 4) is 6.07 Å². The number of aromatic nitrogens is 1. The Morgan fingerprint density at radius 1 is 1.15 bits per heavy atom. The van der Waals surface area contributed by atoms with Gasteiger partial charge in [0.2, 0.25) is 0 Å². The summed E-state index contributed by atoms with van der Waals surface area (Å²) in [6.07, 6.45) is 1.84. The third kappa shape index (κ3) is 2.04. The van der Waals surface area contributed by atoms with Crippen molar-refractivity contribution in [2.24, 2.45) is 0 Å². The van der Waals surface area contributed by atoms with Gasteiger partial charge in [0.1, 0.15) is 5.82 Å². The van der Waals surface area contributed by atoms with Crippen LogP contribution in [0, 0.1) is 17.1 Å². The Hall–Kier alpha value is -2.31. The molecule has 0 aliphatic carbocycles. The van der Waals surface area contributed by atoms with Gasteiger partial charge in [-0.3, -0.25) is 0 Å². The Labute approximate surface area is 120 Å². The van der Waals surface area contributed by atoms with Crippen molar-refractivity contribution < 1.29 is 4.39 Å². The Balaban J connectivity index is 2.11. The van der Waals surface area contributed by atoms with Gasteiger partial charge >= 0.3 is 0 Å². The van der Waals surface area contributed by atoms with Gasteiger partial charge in [0, 0.05) is 27.7 Å². The monoisotopic (exact) mass is 284 g/mol. The van der Waals surface area contributed by atoms with Gasteiger partial charge in [0.05, 0.1) is 18.2 Å². The Kier molecular flexibility index (Phi) is 3.17. The number of halogens is 2. The summed E-state index contributed by atoms with van der Waals surface area (Å²) in [6.45, 7) is 0.337. The molecule has 4 heteroatoms. The van der Waals surface area contributed by atoms with Crippen LogP contribution in [-0.4, -0.2) is 4.57 Å². The Bertz CT molecular complexity index is 810. The van der Waals surface area contributed by atoms with Crippen molar-refractivity contribution in [1.82, 2.24) is 4.57 Å². The largest absolute Gasteiger partial charge is 0.343 e. The zero-order valence-corrected chi connectivity index (χ0v) is 11.2. The predicted molar refractivity (Wildman–Crippen MR) is 77.2 cm³/mol. The van der Waals surface area contributed by atoms with Gasteiger partial charge in [0.25, 0.3) is 0 Å². The summed E-state index contributed by atoms with van der Waals surface area (Å²) < 4.78 is 15.7. The zero-order chi connectivity index (χ0) is 14.1. The molecule has 2 nitrogen and oxygen atoms in total. The first kappa shape index (κ1) is 12.7. The van der Waals surface area contributed by atoms with E-state index in [-0.39, 0.29) is 5.82 Å². The fourth-order valence-corrected chi connectivity index (χ4v) is 2.54. The number of rotatable bonds is 2. The molecule has 20 heavy (non-hydrogen) atoms. The summed E-state index contributed by atoms with van der Waals surface area (Å²) >= 11 is 6.05. The van der Waals surface area contributed by atoms with Crippen LogP contribution < -0.4 is 0 Å². The standard InChI is InChI=1S/C16H10ClFN2/c17-14-4-2-5-15(18)13(14)10-20-8-7-12-11(9-19)3-1-6-16(12)20/h1-8H,10H2. The summed E-state index contributed by atoms with van der Waals surface area (Å²) in [5, 5.41) is 10.4. The van der Waals surface area contributed by atoms with Gasteiger partial charge in [-0.1, -0.05) is 23.7 Å². The zero-order valence-electron chi connectivity index (χ0n) is 10.5. The van der Waals surface area contributed by atoms with Crippen molar-refractivity contribution in [2.45, 2.75) is 6.54 Å². The summed E-state index contributed by atoms with van der Waals surface area (Å²) in [4.78, 5) is 0. The first-order valence-corrected chi connectivity index (χ1v) is 6.49. The van der Waals surface area contributed by atoms with Crippen LogP contribution in [0.1, 0.15) is 11.1 Å². The lowest BCUT2D eigenvalue weighted by molar-refractivity contribution is 0.602. The molecule has 0 spiro atoms. The van der Waals surface area contributed by atoms with Gasteiger partial charge < -0.3 is 4.57 Å². The summed E-state index contributed by atoms with van der Waals surface area (Å²) in [6, 6.07) is 14.2. The van der Waals surface area contributed by atoms with E-state index in [1.165, 1.54) is 6.07 Å². The molecule has 1 aromatic heterocycles. The van der Waals surface area contributed by atoms with E-state index in [9.17, 15) is 4.39 Å². The molecule has 0 N–H and O–H groups in total. The molecule has 3 aromatic rings. The van der Waals surface area contributed by atoms with Gasteiger partial charge in [0.15, 0.2) is 0 Å². The van der Waals surface area contributed by atoms with Crippen LogP contribution in [0.2, 0.25) is 5.02 Å². The fraction of sp³-hybridized carbons (Fsp3) is 0.0625. The van der Waals surface area contributed by atoms with Crippen LogP contribution in [-0.2, 0) is 6.54 Å². The summed E-state index contributed by atoms with van der Waals surface area (Å²) in [7, 11) is 0. The summed E-state index contributed by atoms with van der Waals surface area (Å²) in [5.74, 6) is -0.323. The Morgan fingerprint density at radius 2 is 1.95 bits per heavy atom. The van der Waals surface area contributed by atoms with Crippen LogP contribution in [0.15, 0.2) is 48.7 Å². The lowest BCUT2D eigenvalue weighted by Crippen LogP contribution is -2.01. The van der Waals surface area contributed by atoms with Gasteiger partial charge in [-0.25, -0.2) is 4.39 Å². The topological polar surface area (TPSA) is 28.7 Å². The van der Waals surface area contributed by atoms with Crippen LogP contribution >= 0.6 is 11.6 Å². The maximum atomic E-state index is 13.8. The minimum absolute atomic E-state index is 0.323. The highest BCUT2D eigenvalue weighted by Crippen LogP contribution is 2.24. The molecule has 0 saturated carbocycles. The first-order valence-electron chi connectivity index (χ1n) is 6.11. The first-order chi connectivity index (χ1) is 9.70. The van der Waals surface area contributed by atoms with Crippen molar-refractivity contribution in [1.29, 1.82) is 5.26 Å². The maximum Gasteiger partial charge on any atom is 0.129 e. The quantitative estimate of drug-likeness (QED) is 0.687. The molecule has 98 valence electrons. The smallest absolute Gasteiger partial charge is 0.129 e. The van der Waals surface area contributed by atoms with Crippen molar-refractivity contribution in [2.75, 3.05) is 0 Å². The van der Waals surface area contributed by atoms with Gasteiger partial charge in [-0.2, -0.15) is 5.26 Å². The molecule has 1 heterocycles. The molecule has 0 aliphatic heterocycles. The second-order valence-electron chi connectivity index (χ2n) is 4.49. The SMILES string of the molecule is N#Cc1cccc2c1ccn2Cc1c(F)cccc1Cl. The number of nitriles is 1. The highest BCUT2D eigenvalue weighted by atomic mass is 35.5. The molecule has 0 atom stereocenters. The average Bonchev–Trinajstić information content (AvgIpc) is 2.86. The highest BCUT2D eigenvalue weighted by Gasteiger charge is 2.10. The third-order valence-corrected chi connectivity index (χ3v) is 3.68. The third-order valence-electron chi connectivity index (χ3n) is 3.32. The van der Waals surface area contributed by atoms with E-state index in [1.807, 2.05) is 29.0 Å². The number of hydrogen-bond donors (Lipinski definition) is 0. The van der Waals surface area contributed by atoms with Gasteiger partial charge in [-0.15, -0.1) is 0 Å². The van der Waals surface area contributed by atoms with E-state index in [0.717, 1.165) is 10.9 Å². The molecular formula is C16H10ClFN2. The lowest BCUT2D eigenvalue weighted by Gasteiger charge is -2.09. The van der Waals surface area contributed by atoms with Gasteiger partial charge in [-0.05, 0) is 30.3 Å². The van der Waals surface area contributed by atoms with E-state index >= 15 is 0 Å². The van der Waals surface area contributed by atoms with Crippen LogP contribution in [0.25, 0.3) is 10.9 Å². The molecule has 0 aliphatic rings. The minimum atomic E-state index is -0.323. The number of hydrogen-bond acceptors (Lipinski definition) is 1. The normalized spacial score (nSPS) is 10.7. The van der Waals surface area contributed by atoms with Crippen LogP contribution in [0.4, 0.5) is 4.39 Å². The predicted octanol–water partition coefficient (Wildman–Crippen LogP) is 4.35. The molecule has 0 saturated heterocycles. The number of nitrogens with zero attached hydrogens (tertiary/aromatic N) is 2. The molecule has 0 amide bonds. The van der Waals surface area contributed by atoms with Crippen LogP contribution in [0.3, 0.4) is 0 Å². The van der Waals surface area contributed by atoms with Crippen molar-refractivity contribution >= 4 is 22.5 Å². The molecular weight excluding hydrogens is 275 g/mol. The average molecular weight is 285 g/mol. The number of fused-ring (bicyclic) bond motifs is 1. The van der Waals surface area contributed by atoms with E-state index in [4.69, 9.17) is 16.9 Å². The summed E-state index contributed by atoms with van der Waals surface area (Å²) in [5.41, 5.74) is 1.96. The molecule has 0 bridgehead atoms. The Morgan fingerprint density at radius 3 is 2.70 bits per heavy atom. The lowest BCUT2D eigenvalue weighted by atomic mass is 10.1. The van der Waals surface area contributed by atoms with Crippen molar-refractivity contribution in [3.05, 3.63) is 70.6 Å². The molecule has 0 fully saturated rings. The fourth-order valence-electron chi connectivity index (χ4n) is 2.31.